The Balaban J connectivity index is 2.05. The minimum atomic E-state index is -0.764. The molecule has 0 fully saturated rings. The van der Waals surface area contributed by atoms with Crippen molar-refractivity contribution in [2.45, 2.75) is 18.9 Å². The van der Waals surface area contributed by atoms with E-state index in [0.29, 0.717) is 11.1 Å². The van der Waals surface area contributed by atoms with Crippen molar-refractivity contribution in [3.63, 3.8) is 0 Å². The molecule has 0 heterocycles. The van der Waals surface area contributed by atoms with Crippen LogP contribution in [0.5, 0.6) is 0 Å². The maximum Gasteiger partial charge on any atom is 0.126 e. The molecule has 0 saturated heterocycles. The van der Waals surface area contributed by atoms with E-state index in [4.69, 9.17) is 11.6 Å². The molecule has 0 aliphatic rings. The van der Waals surface area contributed by atoms with Crippen molar-refractivity contribution in [2.75, 3.05) is 0 Å². The lowest BCUT2D eigenvalue weighted by Gasteiger charge is -2.12. The molecule has 0 saturated carbocycles. The van der Waals surface area contributed by atoms with Crippen LogP contribution in [-0.2, 0) is 12.8 Å². The minimum Gasteiger partial charge on any atom is -0.392 e. The van der Waals surface area contributed by atoms with Crippen LogP contribution in [0.3, 0.4) is 0 Å². The minimum absolute atomic E-state index is 0.195. The molecule has 0 spiro atoms. The molecular formula is C15H13ClF2O. The summed E-state index contributed by atoms with van der Waals surface area (Å²) in [6, 6.07) is 10.3. The van der Waals surface area contributed by atoms with Crippen molar-refractivity contribution in [3.8, 4) is 0 Å². The van der Waals surface area contributed by atoms with E-state index in [1.54, 1.807) is 18.2 Å². The van der Waals surface area contributed by atoms with Crippen molar-refractivity contribution >= 4 is 11.6 Å². The average Bonchev–Trinajstić information content (AvgIpc) is 2.36. The van der Waals surface area contributed by atoms with Crippen molar-refractivity contribution in [2.24, 2.45) is 0 Å². The molecular weight excluding hydrogens is 270 g/mol. The average molecular weight is 283 g/mol. The normalized spacial score (nSPS) is 12.4. The van der Waals surface area contributed by atoms with Crippen LogP contribution in [0.1, 0.15) is 11.1 Å². The highest BCUT2D eigenvalue weighted by atomic mass is 35.5. The predicted octanol–water partition coefficient (Wildman–Crippen LogP) is 3.76. The fourth-order valence-corrected chi connectivity index (χ4v) is 2.18. The first kappa shape index (κ1) is 14.0. The first-order valence-corrected chi connectivity index (χ1v) is 6.29. The molecule has 2 aromatic rings. The van der Waals surface area contributed by atoms with E-state index in [0.717, 1.165) is 0 Å². The number of hydrogen-bond acceptors (Lipinski definition) is 1. The van der Waals surface area contributed by atoms with Gasteiger partial charge in [0.1, 0.15) is 11.6 Å². The number of aliphatic hydroxyl groups excluding tert-OH is 1. The summed E-state index contributed by atoms with van der Waals surface area (Å²) >= 11 is 5.88. The lowest BCUT2D eigenvalue weighted by atomic mass is 10.0. The van der Waals surface area contributed by atoms with Gasteiger partial charge in [0.15, 0.2) is 0 Å². The van der Waals surface area contributed by atoms with Crippen LogP contribution in [0.15, 0.2) is 42.5 Å². The van der Waals surface area contributed by atoms with Crippen LogP contribution < -0.4 is 0 Å². The summed E-state index contributed by atoms with van der Waals surface area (Å²) in [7, 11) is 0. The summed E-state index contributed by atoms with van der Waals surface area (Å²) in [6.45, 7) is 0. The fourth-order valence-electron chi connectivity index (χ4n) is 1.93. The van der Waals surface area contributed by atoms with Gasteiger partial charge in [0.05, 0.1) is 6.10 Å². The summed E-state index contributed by atoms with van der Waals surface area (Å²) < 4.78 is 26.3. The van der Waals surface area contributed by atoms with Crippen LogP contribution in [0.4, 0.5) is 8.78 Å². The molecule has 0 bridgehead atoms. The van der Waals surface area contributed by atoms with Crippen LogP contribution >= 0.6 is 11.6 Å². The molecule has 100 valence electrons. The first-order chi connectivity index (χ1) is 9.06. The first-order valence-electron chi connectivity index (χ1n) is 5.91. The van der Waals surface area contributed by atoms with E-state index in [2.05, 4.69) is 0 Å². The van der Waals surface area contributed by atoms with Gasteiger partial charge in [0.2, 0.25) is 0 Å². The highest BCUT2D eigenvalue weighted by Crippen LogP contribution is 2.20. The Bertz CT molecular complexity index is 572. The van der Waals surface area contributed by atoms with Gasteiger partial charge >= 0.3 is 0 Å². The molecule has 1 nitrogen and oxygen atoms in total. The molecule has 0 amide bonds. The largest absolute Gasteiger partial charge is 0.392 e. The van der Waals surface area contributed by atoms with E-state index in [1.807, 2.05) is 0 Å². The van der Waals surface area contributed by atoms with E-state index >= 15 is 0 Å². The van der Waals surface area contributed by atoms with Gasteiger partial charge in [-0.2, -0.15) is 0 Å². The van der Waals surface area contributed by atoms with E-state index < -0.39 is 11.9 Å². The maximum absolute atomic E-state index is 13.4. The molecule has 1 N–H and O–H groups in total. The van der Waals surface area contributed by atoms with Gasteiger partial charge in [-0.05, 0) is 29.3 Å². The van der Waals surface area contributed by atoms with Gasteiger partial charge in [-0.1, -0.05) is 35.9 Å². The van der Waals surface area contributed by atoms with Gasteiger partial charge in [0, 0.05) is 17.9 Å². The van der Waals surface area contributed by atoms with Gasteiger partial charge in [-0.25, -0.2) is 8.78 Å². The quantitative estimate of drug-likeness (QED) is 0.905. The highest BCUT2D eigenvalue weighted by molar-refractivity contribution is 6.31. The van der Waals surface area contributed by atoms with Crippen LogP contribution in [-0.4, -0.2) is 11.2 Å². The molecule has 0 radical (unpaired) electrons. The SMILES string of the molecule is OC(Cc1ccccc1F)Cc1ccc(F)cc1Cl. The smallest absolute Gasteiger partial charge is 0.126 e. The van der Waals surface area contributed by atoms with E-state index in [9.17, 15) is 13.9 Å². The van der Waals surface area contributed by atoms with Crippen molar-refractivity contribution in [1.29, 1.82) is 0 Å². The Morgan fingerprint density at radius 3 is 2.37 bits per heavy atom. The Hall–Kier alpha value is -1.45. The molecule has 0 aliphatic carbocycles. The predicted molar refractivity (Wildman–Crippen MR) is 71.2 cm³/mol. The van der Waals surface area contributed by atoms with Gasteiger partial charge in [0.25, 0.3) is 0 Å². The van der Waals surface area contributed by atoms with Crippen LogP contribution in [0.2, 0.25) is 5.02 Å². The van der Waals surface area contributed by atoms with Gasteiger partial charge < -0.3 is 5.11 Å². The summed E-state index contributed by atoms with van der Waals surface area (Å²) in [5.41, 5.74) is 1.10. The zero-order valence-electron chi connectivity index (χ0n) is 10.1. The Kier molecular flexibility index (Phi) is 4.51. The molecule has 0 aliphatic heterocycles. The molecule has 2 rings (SSSR count). The monoisotopic (exact) mass is 282 g/mol. The summed E-state index contributed by atoms with van der Waals surface area (Å²) in [5, 5.41) is 10.2. The van der Waals surface area contributed by atoms with Crippen molar-refractivity contribution in [3.05, 3.63) is 70.2 Å². The van der Waals surface area contributed by atoms with Crippen molar-refractivity contribution < 1.29 is 13.9 Å². The van der Waals surface area contributed by atoms with Gasteiger partial charge in [-0.3, -0.25) is 0 Å². The second-order valence-electron chi connectivity index (χ2n) is 4.39. The lowest BCUT2D eigenvalue weighted by Crippen LogP contribution is -2.15. The van der Waals surface area contributed by atoms with Crippen LogP contribution in [0, 0.1) is 11.6 Å². The second kappa shape index (κ2) is 6.13. The highest BCUT2D eigenvalue weighted by Gasteiger charge is 2.12. The molecule has 1 atom stereocenters. The molecule has 2 aromatic carbocycles. The van der Waals surface area contributed by atoms with Gasteiger partial charge in [-0.15, -0.1) is 0 Å². The number of rotatable bonds is 4. The zero-order chi connectivity index (χ0) is 13.8. The Morgan fingerprint density at radius 2 is 1.68 bits per heavy atom. The lowest BCUT2D eigenvalue weighted by molar-refractivity contribution is 0.174. The third kappa shape index (κ3) is 3.75. The summed E-state index contributed by atoms with van der Waals surface area (Å²) in [6.07, 6.45) is -0.312. The topological polar surface area (TPSA) is 20.2 Å². The zero-order valence-corrected chi connectivity index (χ0v) is 10.9. The second-order valence-corrected chi connectivity index (χ2v) is 4.80. The molecule has 19 heavy (non-hydrogen) atoms. The third-order valence-electron chi connectivity index (χ3n) is 2.88. The summed E-state index contributed by atoms with van der Waals surface area (Å²) in [5.74, 6) is -0.760. The number of hydrogen-bond donors (Lipinski definition) is 1. The Morgan fingerprint density at radius 1 is 1.00 bits per heavy atom. The van der Waals surface area contributed by atoms with Crippen LogP contribution in [0.25, 0.3) is 0 Å². The van der Waals surface area contributed by atoms with E-state index in [-0.39, 0.29) is 23.7 Å². The number of benzene rings is 2. The number of halogens is 3. The fraction of sp³-hybridized carbons (Fsp3) is 0.200. The molecule has 4 heteroatoms. The maximum atomic E-state index is 13.4. The Labute approximate surface area is 115 Å². The van der Waals surface area contributed by atoms with E-state index in [1.165, 1.54) is 24.3 Å². The molecule has 0 aromatic heterocycles. The standard InChI is InChI=1S/C15H13ClF2O/c16-14-9-12(17)6-5-10(14)7-13(19)8-11-3-1-2-4-15(11)18/h1-6,9,13,19H,7-8H2. The molecule has 1 unspecified atom stereocenters. The summed E-state index contributed by atoms with van der Waals surface area (Å²) in [4.78, 5) is 0. The number of aliphatic hydroxyl groups is 1. The van der Waals surface area contributed by atoms with Crippen molar-refractivity contribution in [1.82, 2.24) is 0 Å². The third-order valence-corrected chi connectivity index (χ3v) is 3.24.